The van der Waals surface area contributed by atoms with Gasteiger partial charge in [0.2, 0.25) is 0 Å². The number of ketones is 1. The Morgan fingerprint density at radius 2 is 1.84 bits per heavy atom. The first-order valence-corrected chi connectivity index (χ1v) is 7.83. The van der Waals surface area contributed by atoms with Crippen molar-refractivity contribution < 1.29 is 24.2 Å². The van der Waals surface area contributed by atoms with Gasteiger partial charge in [0.25, 0.3) is 0 Å². The van der Waals surface area contributed by atoms with Crippen molar-refractivity contribution in [1.29, 1.82) is 0 Å². The number of aryl methyl sites for hydroxylation is 1. The smallest absolute Gasteiger partial charge is 0.303 e. The first kappa shape index (κ1) is 18.3. The molecule has 6 nitrogen and oxygen atoms in total. The first-order valence-electron chi connectivity index (χ1n) is 7.83. The molecule has 25 heavy (non-hydrogen) atoms. The minimum absolute atomic E-state index is 0.0845. The number of hydrogen-bond donors (Lipinski definition) is 2. The third kappa shape index (κ3) is 4.50. The summed E-state index contributed by atoms with van der Waals surface area (Å²) in [5.41, 5.74) is 8.15. The molecule has 0 fully saturated rings. The minimum atomic E-state index is -0.838. The molecule has 0 saturated heterocycles. The SMILES string of the molecule is COc1ccc(OC)c(C(=O)c2ccc(CCCC(=O)O)c(N)c2)c1. The van der Waals surface area contributed by atoms with Crippen LogP contribution < -0.4 is 15.2 Å². The summed E-state index contributed by atoms with van der Waals surface area (Å²) in [4.78, 5) is 23.4. The molecule has 0 spiro atoms. The molecule has 0 atom stereocenters. The third-order valence-corrected chi connectivity index (χ3v) is 3.90. The number of nitrogen functional groups attached to an aromatic ring is 1. The molecule has 0 aliphatic rings. The number of hydrogen-bond acceptors (Lipinski definition) is 5. The number of carboxylic acid groups (broad SMARTS) is 1. The lowest BCUT2D eigenvalue weighted by Gasteiger charge is -2.11. The second-order valence-electron chi connectivity index (χ2n) is 5.56. The van der Waals surface area contributed by atoms with Gasteiger partial charge in [-0.05, 0) is 42.7 Å². The van der Waals surface area contributed by atoms with E-state index in [1.165, 1.54) is 14.2 Å². The van der Waals surface area contributed by atoms with E-state index in [1.807, 2.05) is 0 Å². The molecule has 0 amide bonds. The molecule has 0 heterocycles. The van der Waals surface area contributed by atoms with Gasteiger partial charge in [-0.15, -0.1) is 0 Å². The van der Waals surface area contributed by atoms with Gasteiger partial charge in [0.05, 0.1) is 19.8 Å². The van der Waals surface area contributed by atoms with Gasteiger partial charge in [-0.2, -0.15) is 0 Å². The van der Waals surface area contributed by atoms with Crippen molar-refractivity contribution in [3.63, 3.8) is 0 Å². The van der Waals surface area contributed by atoms with Crippen LogP contribution in [0, 0.1) is 0 Å². The van der Waals surface area contributed by atoms with Crippen LogP contribution in [0.2, 0.25) is 0 Å². The predicted molar refractivity (Wildman–Crippen MR) is 94.4 cm³/mol. The van der Waals surface area contributed by atoms with Gasteiger partial charge in [0, 0.05) is 17.7 Å². The van der Waals surface area contributed by atoms with Gasteiger partial charge in [0.15, 0.2) is 5.78 Å². The first-order chi connectivity index (χ1) is 12.0. The molecule has 0 saturated carbocycles. The highest BCUT2D eigenvalue weighted by atomic mass is 16.5. The number of rotatable bonds is 8. The summed E-state index contributed by atoms with van der Waals surface area (Å²) < 4.78 is 10.4. The fourth-order valence-corrected chi connectivity index (χ4v) is 2.54. The molecule has 0 aliphatic heterocycles. The van der Waals surface area contributed by atoms with Crippen LogP contribution in [-0.4, -0.2) is 31.1 Å². The third-order valence-electron chi connectivity index (χ3n) is 3.90. The van der Waals surface area contributed by atoms with Crippen molar-refractivity contribution in [2.24, 2.45) is 0 Å². The fourth-order valence-electron chi connectivity index (χ4n) is 2.54. The zero-order valence-corrected chi connectivity index (χ0v) is 14.2. The maximum atomic E-state index is 12.8. The quantitative estimate of drug-likeness (QED) is 0.565. The van der Waals surface area contributed by atoms with E-state index >= 15 is 0 Å². The Bertz CT molecular complexity index is 785. The van der Waals surface area contributed by atoms with Crippen LogP contribution in [0.5, 0.6) is 11.5 Å². The summed E-state index contributed by atoms with van der Waals surface area (Å²) in [5.74, 6) is -0.0488. The van der Waals surface area contributed by atoms with Crippen LogP contribution in [0.3, 0.4) is 0 Å². The van der Waals surface area contributed by atoms with Gasteiger partial charge in [-0.1, -0.05) is 12.1 Å². The summed E-state index contributed by atoms with van der Waals surface area (Å²) >= 11 is 0. The maximum absolute atomic E-state index is 12.8. The largest absolute Gasteiger partial charge is 0.497 e. The van der Waals surface area contributed by atoms with E-state index in [0.29, 0.717) is 41.2 Å². The fraction of sp³-hybridized carbons (Fsp3) is 0.263. The van der Waals surface area contributed by atoms with Crippen LogP contribution in [0.15, 0.2) is 36.4 Å². The summed E-state index contributed by atoms with van der Waals surface area (Å²) in [6, 6.07) is 10.1. The molecule has 0 aliphatic carbocycles. The Hall–Kier alpha value is -3.02. The Morgan fingerprint density at radius 3 is 2.44 bits per heavy atom. The molecule has 0 radical (unpaired) electrons. The number of anilines is 1. The normalized spacial score (nSPS) is 10.3. The molecule has 2 aromatic rings. The summed E-state index contributed by atoms with van der Waals surface area (Å²) in [6.45, 7) is 0. The monoisotopic (exact) mass is 343 g/mol. The molecular formula is C19H21NO5. The number of benzene rings is 2. The van der Waals surface area contributed by atoms with Crippen molar-refractivity contribution in [2.45, 2.75) is 19.3 Å². The topological polar surface area (TPSA) is 98.8 Å². The van der Waals surface area contributed by atoms with Crippen LogP contribution in [0.4, 0.5) is 5.69 Å². The lowest BCUT2D eigenvalue weighted by Crippen LogP contribution is -2.06. The molecular weight excluding hydrogens is 322 g/mol. The Morgan fingerprint density at radius 1 is 1.08 bits per heavy atom. The van der Waals surface area contributed by atoms with Crippen molar-refractivity contribution in [1.82, 2.24) is 0 Å². The van der Waals surface area contributed by atoms with E-state index in [1.54, 1.807) is 36.4 Å². The second-order valence-corrected chi connectivity index (χ2v) is 5.56. The molecule has 2 aromatic carbocycles. The summed E-state index contributed by atoms with van der Waals surface area (Å²) in [6.07, 6.45) is 1.13. The highest BCUT2D eigenvalue weighted by Crippen LogP contribution is 2.27. The minimum Gasteiger partial charge on any atom is -0.497 e. The standard InChI is InChI=1S/C19H21NO5/c1-24-14-8-9-17(25-2)15(11-14)19(23)13-7-6-12(16(20)10-13)4-3-5-18(21)22/h6-11H,3-5,20H2,1-2H3,(H,21,22). The number of carbonyl (C=O) groups is 2. The van der Waals surface area contributed by atoms with Crippen LogP contribution >= 0.6 is 0 Å². The van der Waals surface area contributed by atoms with E-state index in [-0.39, 0.29) is 12.2 Å². The number of carboxylic acids is 1. The molecule has 132 valence electrons. The van der Waals surface area contributed by atoms with E-state index < -0.39 is 5.97 Å². The molecule has 2 rings (SSSR count). The Kier molecular flexibility index (Phi) is 6.00. The number of methoxy groups -OCH3 is 2. The number of aliphatic carboxylic acids is 1. The van der Waals surface area contributed by atoms with E-state index in [2.05, 4.69) is 0 Å². The van der Waals surface area contributed by atoms with Crippen molar-refractivity contribution in [3.8, 4) is 11.5 Å². The molecule has 0 aromatic heterocycles. The molecule has 6 heteroatoms. The molecule has 3 N–H and O–H groups in total. The zero-order valence-electron chi connectivity index (χ0n) is 14.2. The highest BCUT2D eigenvalue weighted by Gasteiger charge is 2.17. The lowest BCUT2D eigenvalue weighted by molar-refractivity contribution is -0.137. The Labute approximate surface area is 146 Å². The summed E-state index contributed by atoms with van der Waals surface area (Å²) in [7, 11) is 3.03. The lowest BCUT2D eigenvalue weighted by atomic mass is 9.98. The number of ether oxygens (including phenoxy) is 2. The van der Waals surface area contributed by atoms with Crippen molar-refractivity contribution >= 4 is 17.4 Å². The maximum Gasteiger partial charge on any atom is 0.303 e. The van der Waals surface area contributed by atoms with Gasteiger partial charge in [0.1, 0.15) is 11.5 Å². The van der Waals surface area contributed by atoms with Gasteiger partial charge >= 0.3 is 5.97 Å². The van der Waals surface area contributed by atoms with Crippen LogP contribution in [-0.2, 0) is 11.2 Å². The number of nitrogens with two attached hydrogens (primary N) is 1. The van der Waals surface area contributed by atoms with Gasteiger partial charge < -0.3 is 20.3 Å². The zero-order chi connectivity index (χ0) is 18.4. The average molecular weight is 343 g/mol. The highest BCUT2D eigenvalue weighted by molar-refractivity contribution is 6.11. The van der Waals surface area contributed by atoms with E-state index in [9.17, 15) is 9.59 Å². The average Bonchev–Trinajstić information content (AvgIpc) is 2.61. The van der Waals surface area contributed by atoms with Gasteiger partial charge in [-0.25, -0.2) is 0 Å². The second kappa shape index (κ2) is 8.19. The van der Waals surface area contributed by atoms with Crippen LogP contribution in [0.1, 0.15) is 34.3 Å². The van der Waals surface area contributed by atoms with E-state index in [0.717, 1.165) is 5.56 Å². The predicted octanol–water partition coefficient (Wildman–Crippen LogP) is 2.92. The van der Waals surface area contributed by atoms with Crippen LogP contribution in [0.25, 0.3) is 0 Å². The number of carbonyl (C=O) groups excluding carboxylic acids is 1. The summed E-state index contributed by atoms with van der Waals surface area (Å²) in [5, 5.41) is 8.70. The Balaban J connectivity index is 2.25. The molecule has 0 unspecified atom stereocenters. The molecule has 0 bridgehead atoms. The van der Waals surface area contributed by atoms with Gasteiger partial charge in [-0.3, -0.25) is 9.59 Å². The van der Waals surface area contributed by atoms with Crippen molar-refractivity contribution in [2.75, 3.05) is 20.0 Å². The van der Waals surface area contributed by atoms with E-state index in [4.69, 9.17) is 20.3 Å². The van der Waals surface area contributed by atoms with Crippen molar-refractivity contribution in [3.05, 3.63) is 53.1 Å².